The first-order valence-electron chi connectivity index (χ1n) is 5.19. The number of piperidine rings is 1. The molecule has 0 aromatic rings. The van der Waals surface area contributed by atoms with Gasteiger partial charge in [-0.25, -0.2) is 0 Å². The molecule has 1 aliphatic heterocycles. The van der Waals surface area contributed by atoms with Crippen LogP contribution in [0.15, 0.2) is 12.3 Å². The summed E-state index contributed by atoms with van der Waals surface area (Å²) in [6.07, 6.45) is 2.78. The van der Waals surface area contributed by atoms with Gasteiger partial charge < -0.3 is 9.64 Å². The molecule has 0 amide bonds. The van der Waals surface area contributed by atoms with Crippen molar-refractivity contribution in [3.63, 3.8) is 0 Å². The van der Waals surface area contributed by atoms with Crippen LogP contribution in [-0.4, -0.2) is 31.1 Å². The number of ether oxygens (including phenoxy) is 1. The van der Waals surface area contributed by atoms with Gasteiger partial charge in [0.15, 0.2) is 0 Å². The van der Waals surface area contributed by atoms with Crippen LogP contribution in [0.5, 0.6) is 0 Å². The highest BCUT2D eigenvalue weighted by atomic mass is 16.5. The molecule has 0 radical (unpaired) electrons. The third kappa shape index (κ3) is 2.50. The molecule has 0 aromatic carbocycles. The van der Waals surface area contributed by atoms with Crippen molar-refractivity contribution in [2.24, 2.45) is 5.92 Å². The predicted octanol–water partition coefficient (Wildman–Crippen LogP) is 1.80. The Hall–Kier alpha value is -0.990. The van der Waals surface area contributed by atoms with Gasteiger partial charge in [-0.2, -0.15) is 0 Å². The number of rotatable bonds is 3. The second kappa shape index (κ2) is 5.03. The Labute approximate surface area is 85.7 Å². The first-order valence-corrected chi connectivity index (χ1v) is 5.19. The Balaban J connectivity index is 2.38. The molecule has 1 fully saturated rings. The van der Waals surface area contributed by atoms with E-state index in [4.69, 9.17) is 4.74 Å². The summed E-state index contributed by atoms with van der Waals surface area (Å²) < 4.78 is 4.73. The molecule has 0 aliphatic carbocycles. The molecule has 1 rings (SSSR count). The first-order chi connectivity index (χ1) is 6.69. The van der Waals surface area contributed by atoms with Crippen LogP contribution >= 0.6 is 0 Å². The van der Waals surface area contributed by atoms with E-state index in [-0.39, 0.29) is 11.9 Å². The number of carbonyl (C=O) groups is 1. The Kier molecular flexibility index (Phi) is 3.98. The fraction of sp³-hybridized carbons (Fsp3) is 0.727. The van der Waals surface area contributed by atoms with Crippen LogP contribution in [0.25, 0.3) is 0 Å². The van der Waals surface area contributed by atoms with Crippen LogP contribution in [0.3, 0.4) is 0 Å². The summed E-state index contributed by atoms with van der Waals surface area (Å²) in [5, 5.41) is 0. The van der Waals surface area contributed by atoms with Crippen LogP contribution in [0.2, 0.25) is 0 Å². The minimum absolute atomic E-state index is 0.0632. The molecular formula is C11H19NO2. The summed E-state index contributed by atoms with van der Waals surface area (Å²) in [7, 11) is 1.46. The summed E-state index contributed by atoms with van der Waals surface area (Å²) in [5.74, 6) is 0.0349. The van der Waals surface area contributed by atoms with Gasteiger partial charge in [-0.3, -0.25) is 4.79 Å². The van der Waals surface area contributed by atoms with E-state index < -0.39 is 0 Å². The molecule has 0 aromatic heterocycles. The van der Waals surface area contributed by atoms with E-state index in [1.807, 2.05) is 0 Å². The SMILES string of the molecule is C=C(CC)N1CCC(C(=O)OC)CC1. The van der Waals surface area contributed by atoms with Crippen LogP contribution < -0.4 is 0 Å². The van der Waals surface area contributed by atoms with Gasteiger partial charge in [0, 0.05) is 18.8 Å². The lowest BCUT2D eigenvalue weighted by Gasteiger charge is -2.33. The minimum Gasteiger partial charge on any atom is -0.469 e. The average molecular weight is 197 g/mol. The smallest absolute Gasteiger partial charge is 0.308 e. The van der Waals surface area contributed by atoms with E-state index in [2.05, 4.69) is 18.4 Å². The van der Waals surface area contributed by atoms with E-state index in [0.29, 0.717) is 0 Å². The monoisotopic (exact) mass is 197 g/mol. The molecule has 1 heterocycles. The topological polar surface area (TPSA) is 29.5 Å². The summed E-state index contributed by atoms with van der Waals surface area (Å²) in [6, 6.07) is 0. The third-order valence-corrected chi connectivity index (χ3v) is 2.88. The molecule has 0 unspecified atom stereocenters. The normalized spacial score (nSPS) is 18.0. The summed E-state index contributed by atoms with van der Waals surface area (Å²) in [4.78, 5) is 13.5. The minimum atomic E-state index is -0.0632. The van der Waals surface area contributed by atoms with Crippen LogP contribution in [-0.2, 0) is 9.53 Å². The highest BCUT2D eigenvalue weighted by Crippen LogP contribution is 2.21. The second-order valence-corrected chi connectivity index (χ2v) is 3.70. The molecule has 14 heavy (non-hydrogen) atoms. The number of likely N-dealkylation sites (tertiary alicyclic amines) is 1. The van der Waals surface area contributed by atoms with Gasteiger partial charge in [0.2, 0.25) is 0 Å². The summed E-state index contributed by atoms with van der Waals surface area (Å²) >= 11 is 0. The van der Waals surface area contributed by atoms with E-state index >= 15 is 0 Å². The lowest BCUT2D eigenvalue weighted by Crippen LogP contribution is -2.35. The Bertz CT molecular complexity index is 193. The molecule has 0 atom stereocenters. The number of hydrogen-bond donors (Lipinski definition) is 0. The van der Waals surface area contributed by atoms with Crippen molar-refractivity contribution in [1.29, 1.82) is 0 Å². The van der Waals surface area contributed by atoms with Gasteiger partial charge in [-0.1, -0.05) is 13.5 Å². The predicted molar refractivity (Wildman–Crippen MR) is 55.7 cm³/mol. The Morgan fingerprint density at radius 1 is 1.50 bits per heavy atom. The van der Waals surface area contributed by atoms with Gasteiger partial charge in [0.05, 0.1) is 13.0 Å². The van der Waals surface area contributed by atoms with E-state index in [1.165, 1.54) is 12.8 Å². The Morgan fingerprint density at radius 2 is 2.07 bits per heavy atom. The van der Waals surface area contributed by atoms with Crippen molar-refractivity contribution in [2.45, 2.75) is 26.2 Å². The van der Waals surface area contributed by atoms with Gasteiger partial charge in [0.1, 0.15) is 0 Å². The van der Waals surface area contributed by atoms with Gasteiger partial charge in [-0.05, 0) is 19.3 Å². The third-order valence-electron chi connectivity index (χ3n) is 2.88. The first kappa shape index (κ1) is 11.1. The lowest BCUT2D eigenvalue weighted by molar-refractivity contribution is -0.146. The van der Waals surface area contributed by atoms with Crippen molar-refractivity contribution in [3.8, 4) is 0 Å². The summed E-state index contributed by atoms with van der Waals surface area (Å²) in [5.41, 5.74) is 1.17. The van der Waals surface area contributed by atoms with E-state index in [9.17, 15) is 4.79 Å². The van der Waals surface area contributed by atoms with Crippen molar-refractivity contribution >= 4 is 5.97 Å². The molecule has 3 nitrogen and oxygen atoms in total. The van der Waals surface area contributed by atoms with Crippen molar-refractivity contribution in [1.82, 2.24) is 4.90 Å². The molecule has 1 saturated heterocycles. The second-order valence-electron chi connectivity index (χ2n) is 3.70. The van der Waals surface area contributed by atoms with E-state index in [0.717, 1.165) is 32.4 Å². The lowest BCUT2D eigenvalue weighted by atomic mass is 9.96. The number of hydrogen-bond acceptors (Lipinski definition) is 3. The number of methoxy groups -OCH3 is 1. The number of allylic oxidation sites excluding steroid dienone is 1. The fourth-order valence-corrected chi connectivity index (χ4v) is 1.82. The molecular weight excluding hydrogens is 178 g/mol. The van der Waals surface area contributed by atoms with Crippen LogP contribution in [0, 0.1) is 5.92 Å². The van der Waals surface area contributed by atoms with Gasteiger partial charge in [0.25, 0.3) is 0 Å². The zero-order valence-corrected chi connectivity index (χ0v) is 9.08. The molecule has 0 spiro atoms. The van der Waals surface area contributed by atoms with Gasteiger partial charge in [-0.15, -0.1) is 0 Å². The maximum absolute atomic E-state index is 11.2. The molecule has 1 aliphatic rings. The maximum atomic E-state index is 11.2. The molecule has 80 valence electrons. The molecule has 0 N–H and O–H groups in total. The number of carbonyl (C=O) groups excluding carboxylic acids is 1. The van der Waals surface area contributed by atoms with Crippen molar-refractivity contribution < 1.29 is 9.53 Å². The molecule has 0 saturated carbocycles. The highest BCUT2D eigenvalue weighted by Gasteiger charge is 2.25. The molecule has 3 heteroatoms. The van der Waals surface area contributed by atoms with Crippen LogP contribution in [0.1, 0.15) is 26.2 Å². The average Bonchev–Trinajstić information content (AvgIpc) is 2.27. The highest BCUT2D eigenvalue weighted by molar-refractivity contribution is 5.72. The molecule has 0 bridgehead atoms. The van der Waals surface area contributed by atoms with Crippen molar-refractivity contribution in [3.05, 3.63) is 12.3 Å². The number of esters is 1. The zero-order valence-electron chi connectivity index (χ0n) is 9.08. The summed E-state index contributed by atoms with van der Waals surface area (Å²) in [6.45, 7) is 7.98. The Morgan fingerprint density at radius 3 is 2.50 bits per heavy atom. The maximum Gasteiger partial charge on any atom is 0.308 e. The zero-order chi connectivity index (χ0) is 10.6. The van der Waals surface area contributed by atoms with Crippen LogP contribution in [0.4, 0.5) is 0 Å². The fourth-order valence-electron chi connectivity index (χ4n) is 1.82. The standard InChI is InChI=1S/C11H19NO2/c1-4-9(2)12-7-5-10(6-8-12)11(13)14-3/h10H,2,4-8H2,1,3H3. The largest absolute Gasteiger partial charge is 0.469 e. The number of nitrogens with zero attached hydrogens (tertiary/aromatic N) is 1. The van der Waals surface area contributed by atoms with E-state index in [1.54, 1.807) is 0 Å². The quantitative estimate of drug-likeness (QED) is 0.646. The van der Waals surface area contributed by atoms with Gasteiger partial charge >= 0.3 is 5.97 Å². The van der Waals surface area contributed by atoms with Crippen molar-refractivity contribution in [2.75, 3.05) is 20.2 Å².